The van der Waals surface area contributed by atoms with Crippen LogP contribution in [-0.2, 0) is 0 Å². The van der Waals surface area contributed by atoms with Crippen molar-refractivity contribution in [1.29, 1.82) is 0 Å². The molecule has 88 valence electrons. The highest BCUT2D eigenvalue weighted by Crippen LogP contribution is 2.30. The number of benzene rings is 1. The summed E-state index contributed by atoms with van der Waals surface area (Å²) in [6.07, 6.45) is 0. The van der Waals surface area contributed by atoms with Gasteiger partial charge in [-0.25, -0.2) is 4.79 Å². The van der Waals surface area contributed by atoms with Crippen molar-refractivity contribution in [2.45, 2.75) is 0 Å². The molecule has 0 unspecified atom stereocenters. The molecule has 0 heterocycles. The van der Waals surface area contributed by atoms with Gasteiger partial charge in [-0.15, -0.1) is 0 Å². The number of methoxy groups -OCH3 is 1. The molecule has 1 aromatic rings. The van der Waals surface area contributed by atoms with Crippen molar-refractivity contribution < 1.29 is 19.7 Å². The fraction of sp³-hybridized carbons (Fsp3) is 0.300. The summed E-state index contributed by atoms with van der Waals surface area (Å²) in [6, 6.07) is 2.80. The average Bonchev–Trinajstić information content (AvgIpc) is 2.26. The molecule has 3 N–H and O–H groups in total. The normalized spacial score (nSPS) is 9.94. The molecule has 0 bridgehead atoms. The maximum absolute atomic E-state index is 10.9. The predicted octanol–water partition coefficient (Wildman–Crippen LogP) is 1.45. The summed E-state index contributed by atoms with van der Waals surface area (Å²) >= 11 is 5.88. The maximum Gasteiger partial charge on any atom is 0.339 e. The number of nitrogens with one attached hydrogen (secondary N) is 1. The minimum atomic E-state index is -1.10. The number of aromatic carboxylic acids is 1. The zero-order valence-corrected chi connectivity index (χ0v) is 9.41. The Balaban J connectivity index is 3.10. The van der Waals surface area contributed by atoms with E-state index in [0.717, 1.165) is 0 Å². The van der Waals surface area contributed by atoms with Crippen molar-refractivity contribution >= 4 is 23.3 Å². The van der Waals surface area contributed by atoms with E-state index in [4.69, 9.17) is 26.6 Å². The standard InChI is InChI=1S/C10H12ClNO4/c1-16-9-5-8(12-2-3-13)7(11)4-6(9)10(14)15/h4-5,12-13H,2-3H2,1H3,(H,14,15). The number of aliphatic hydroxyl groups is 1. The van der Waals surface area contributed by atoms with Gasteiger partial charge in [-0.1, -0.05) is 11.6 Å². The minimum Gasteiger partial charge on any atom is -0.496 e. The number of rotatable bonds is 5. The highest BCUT2D eigenvalue weighted by atomic mass is 35.5. The summed E-state index contributed by atoms with van der Waals surface area (Å²) in [5.41, 5.74) is 0.527. The van der Waals surface area contributed by atoms with Gasteiger partial charge in [-0.05, 0) is 6.07 Å². The van der Waals surface area contributed by atoms with Crippen LogP contribution < -0.4 is 10.1 Å². The van der Waals surface area contributed by atoms with Crippen LogP contribution in [-0.4, -0.2) is 36.4 Å². The lowest BCUT2D eigenvalue weighted by Gasteiger charge is -2.11. The third-order valence-electron chi connectivity index (χ3n) is 1.95. The molecule has 5 nitrogen and oxygen atoms in total. The van der Waals surface area contributed by atoms with Crippen LogP contribution >= 0.6 is 11.6 Å². The molecule has 0 aliphatic heterocycles. The zero-order valence-electron chi connectivity index (χ0n) is 8.66. The molecule has 16 heavy (non-hydrogen) atoms. The number of aliphatic hydroxyl groups excluding tert-OH is 1. The lowest BCUT2D eigenvalue weighted by Crippen LogP contribution is -2.07. The Morgan fingerprint density at radius 1 is 1.56 bits per heavy atom. The van der Waals surface area contributed by atoms with Crippen molar-refractivity contribution in [3.8, 4) is 5.75 Å². The monoisotopic (exact) mass is 245 g/mol. The zero-order chi connectivity index (χ0) is 12.1. The molecule has 0 radical (unpaired) electrons. The van der Waals surface area contributed by atoms with E-state index in [0.29, 0.717) is 12.2 Å². The second-order valence-electron chi connectivity index (χ2n) is 2.99. The molecule has 0 aliphatic carbocycles. The SMILES string of the molecule is COc1cc(NCCO)c(Cl)cc1C(=O)O. The van der Waals surface area contributed by atoms with E-state index in [-0.39, 0.29) is 22.9 Å². The van der Waals surface area contributed by atoms with Gasteiger partial charge in [0.2, 0.25) is 0 Å². The number of carbonyl (C=O) groups is 1. The van der Waals surface area contributed by atoms with Crippen LogP contribution in [0, 0.1) is 0 Å². The smallest absolute Gasteiger partial charge is 0.339 e. The fourth-order valence-electron chi connectivity index (χ4n) is 1.22. The minimum absolute atomic E-state index is 0.00190. The fourth-order valence-corrected chi connectivity index (χ4v) is 1.45. The maximum atomic E-state index is 10.9. The van der Waals surface area contributed by atoms with Gasteiger partial charge in [0.15, 0.2) is 0 Å². The van der Waals surface area contributed by atoms with Crippen molar-refractivity contribution in [2.24, 2.45) is 0 Å². The molecule has 0 aromatic heterocycles. The third-order valence-corrected chi connectivity index (χ3v) is 2.26. The van der Waals surface area contributed by atoms with Crippen molar-refractivity contribution in [3.05, 3.63) is 22.7 Å². The number of halogens is 1. The molecule has 0 aliphatic rings. The second-order valence-corrected chi connectivity index (χ2v) is 3.40. The second kappa shape index (κ2) is 5.58. The Kier molecular flexibility index (Phi) is 4.39. The van der Waals surface area contributed by atoms with E-state index in [1.54, 1.807) is 0 Å². The molecule has 0 fully saturated rings. The van der Waals surface area contributed by atoms with Crippen LogP contribution in [0.15, 0.2) is 12.1 Å². The summed E-state index contributed by atoms with van der Waals surface area (Å²) in [4.78, 5) is 10.9. The molecule has 0 saturated heterocycles. The first-order chi connectivity index (χ1) is 7.60. The molecule has 1 rings (SSSR count). The number of carboxylic acids is 1. The first-order valence-electron chi connectivity index (χ1n) is 4.55. The van der Waals surface area contributed by atoms with Crippen molar-refractivity contribution in [1.82, 2.24) is 0 Å². The Morgan fingerprint density at radius 2 is 2.25 bits per heavy atom. The molecule has 0 atom stereocenters. The molecule has 0 spiro atoms. The van der Waals surface area contributed by atoms with Gasteiger partial charge in [0.25, 0.3) is 0 Å². The van der Waals surface area contributed by atoms with Gasteiger partial charge in [-0.2, -0.15) is 0 Å². The number of anilines is 1. The number of hydrogen-bond acceptors (Lipinski definition) is 4. The number of hydrogen-bond donors (Lipinski definition) is 3. The van der Waals surface area contributed by atoms with Gasteiger partial charge < -0.3 is 20.3 Å². The summed E-state index contributed by atoms with van der Waals surface area (Å²) in [7, 11) is 1.38. The van der Waals surface area contributed by atoms with E-state index >= 15 is 0 Å². The van der Waals surface area contributed by atoms with E-state index in [2.05, 4.69) is 5.32 Å². The quantitative estimate of drug-likeness (QED) is 0.732. The highest BCUT2D eigenvalue weighted by Gasteiger charge is 2.14. The first kappa shape index (κ1) is 12.6. The van der Waals surface area contributed by atoms with Gasteiger partial charge in [0.05, 0.1) is 24.4 Å². The summed E-state index contributed by atoms with van der Waals surface area (Å²) in [6.45, 7) is 0.286. The summed E-state index contributed by atoms with van der Waals surface area (Å²) < 4.78 is 4.94. The number of carboxylic acid groups (broad SMARTS) is 1. The Morgan fingerprint density at radius 3 is 2.75 bits per heavy atom. The van der Waals surface area contributed by atoms with Crippen LogP contribution in [0.4, 0.5) is 5.69 Å². The van der Waals surface area contributed by atoms with Gasteiger partial charge in [-0.3, -0.25) is 0 Å². The summed E-state index contributed by atoms with van der Waals surface area (Å²) in [5, 5.41) is 20.7. The van der Waals surface area contributed by atoms with E-state index in [9.17, 15) is 4.79 Å². The topological polar surface area (TPSA) is 78.8 Å². The van der Waals surface area contributed by atoms with Crippen LogP contribution in [0.25, 0.3) is 0 Å². The number of ether oxygens (including phenoxy) is 1. The van der Waals surface area contributed by atoms with Gasteiger partial charge in [0, 0.05) is 12.6 Å². The predicted molar refractivity (Wildman–Crippen MR) is 60.5 cm³/mol. The van der Waals surface area contributed by atoms with E-state index in [1.807, 2.05) is 0 Å². The van der Waals surface area contributed by atoms with Crippen molar-refractivity contribution in [3.63, 3.8) is 0 Å². The Labute approximate surface area is 97.6 Å². The third kappa shape index (κ3) is 2.77. The first-order valence-corrected chi connectivity index (χ1v) is 4.93. The summed E-state index contributed by atoms with van der Waals surface area (Å²) in [5.74, 6) is -0.884. The van der Waals surface area contributed by atoms with Crippen LogP contribution in [0.1, 0.15) is 10.4 Å². The lowest BCUT2D eigenvalue weighted by molar-refractivity contribution is 0.0693. The van der Waals surface area contributed by atoms with Gasteiger partial charge in [0.1, 0.15) is 11.3 Å². The highest BCUT2D eigenvalue weighted by molar-refractivity contribution is 6.33. The van der Waals surface area contributed by atoms with Crippen LogP contribution in [0.5, 0.6) is 5.75 Å². The van der Waals surface area contributed by atoms with E-state index < -0.39 is 5.97 Å². The van der Waals surface area contributed by atoms with E-state index in [1.165, 1.54) is 19.2 Å². The molecule has 1 aromatic carbocycles. The molecule has 0 amide bonds. The van der Waals surface area contributed by atoms with Crippen LogP contribution in [0.3, 0.4) is 0 Å². The Bertz CT molecular complexity index is 395. The molecule has 0 saturated carbocycles. The van der Waals surface area contributed by atoms with Gasteiger partial charge >= 0.3 is 5.97 Å². The Hall–Kier alpha value is -1.46. The largest absolute Gasteiger partial charge is 0.496 e. The molecular weight excluding hydrogens is 234 g/mol. The lowest BCUT2D eigenvalue weighted by atomic mass is 10.2. The molecule has 6 heteroatoms. The van der Waals surface area contributed by atoms with Crippen molar-refractivity contribution in [2.75, 3.05) is 25.6 Å². The van der Waals surface area contributed by atoms with Crippen LogP contribution in [0.2, 0.25) is 5.02 Å². The average molecular weight is 246 g/mol. The molecular formula is C10H12ClNO4.